The van der Waals surface area contributed by atoms with Gasteiger partial charge in [-0.3, -0.25) is 5.43 Å². The summed E-state index contributed by atoms with van der Waals surface area (Å²) < 4.78 is 0. The Labute approximate surface area is 123 Å². The molecule has 0 aliphatic rings. The number of halogens is 2. The Kier molecular flexibility index (Phi) is 6.39. The molecule has 0 aliphatic heterocycles. The van der Waals surface area contributed by atoms with Crippen molar-refractivity contribution < 1.29 is 0 Å². The second kappa shape index (κ2) is 7.56. The summed E-state index contributed by atoms with van der Waals surface area (Å²) in [4.78, 5) is 0. The lowest BCUT2D eigenvalue weighted by Crippen LogP contribution is -2.32. The standard InChI is InChI=1S/C12H15Cl2N3S/c1-3-11(16-17-12(18)15-4-2)8-5-6-9(13)10(14)7-8/h5-7H,3-4H2,1-2H3,(H2,15,17,18)/b16-11-. The zero-order chi connectivity index (χ0) is 13.5. The van der Waals surface area contributed by atoms with Crippen LogP contribution >= 0.6 is 35.4 Å². The largest absolute Gasteiger partial charge is 0.362 e. The van der Waals surface area contributed by atoms with Crippen molar-refractivity contribution in [3.05, 3.63) is 33.8 Å². The zero-order valence-electron chi connectivity index (χ0n) is 10.3. The summed E-state index contributed by atoms with van der Waals surface area (Å²) in [5, 5.41) is 8.78. The van der Waals surface area contributed by atoms with Crippen molar-refractivity contribution in [1.29, 1.82) is 0 Å². The molecule has 0 fully saturated rings. The molecule has 2 N–H and O–H groups in total. The smallest absolute Gasteiger partial charge is 0.186 e. The maximum Gasteiger partial charge on any atom is 0.186 e. The molecule has 1 aromatic rings. The molecule has 0 spiro atoms. The van der Waals surface area contributed by atoms with Gasteiger partial charge in [0, 0.05) is 6.54 Å². The number of benzene rings is 1. The summed E-state index contributed by atoms with van der Waals surface area (Å²) in [6.45, 7) is 4.74. The van der Waals surface area contributed by atoms with Crippen molar-refractivity contribution in [2.75, 3.05) is 6.54 Å². The predicted molar refractivity (Wildman–Crippen MR) is 82.7 cm³/mol. The molecule has 98 valence electrons. The molecular formula is C12H15Cl2N3S. The van der Waals surface area contributed by atoms with Crippen LogP contribution in [0, 0.1) is 0 Å². The molecule has 0 amide bonds. The van der Waals surface area contributed by atoms with Crippen LogP contribution < -0.4 is 10.7 Å². The molecule has 0 radical (unpaired) electrons. The monoisotopic (exact) mass is 303 g/mol. The van der Waals surface area contributed by atoms with Gasteiger partial charge in [0.15, 0.2) is 5.11 Å². The Bertz CT molecular complexity index is 461. The molecule has 0 unspecified atom stereocenters. The van der Waals surface area contributed by atoms with E-state index in [1.807, 2.05) is 19.9 Å². The number of rotatable bonds is 4. The number of hydrogen-bond donors (Lipinski definition) is 2. The number of hydrogen-bond acceptors (Lipinski definition) is 2. The molecule has 0 heterocycles. The fraction of sp³-hybridized carbons (Fsp3) is 0.333. The molecule has 0 bridgehead atoms. The van der Waals surface area contributed by atoms with E-state index in [9.17, 15) is 0 Å². The third-order valence-corrected chi connectivity index (χ3v) is 3.19. The van der Waals surface area contributed by atoms with Gasteiger partial charge in [-0.25, -0.2) is 0 Å². The van der Waals surface area contributed by atoms with E-state index >= 15 is 0 Å². The van der Waals surface area contributed by atoms with Gasteiger partial charge in [0.2, 0.25) is 0 Å². The van der Waals surface area contributed by atoms with E-state index in [4.69, 9.17) is 35.4 Å². The highest BCUT2D eigenvalue weighted by Gasteiger charge is 2.05. The summed E-state index contributed by atoms with van der Waals surface area (Å²) in [6, 6.07) is 5.44. The van der Waals surface area contributed by atoms with Crippen LogP contribution in [0.1, 0.15) is 25.8 Å². The topological polar surface area (TPSA) is 36.4 Å². The zero-order valence-corrected chi connectivity index (χ0v) is 12.6. The van der Waals surface area contributed by atoms with Gasteiger partial charge >= 0.3 is 0 Å². The molecule has 1 aromatic carbocycles. The lowest BCUT2D eigenvalue weighted by molar-refractivity contribution is 0.897. The van der Waals surface area contributed by atoms with E-state index in [1.54, 1.807) is 12.1 Å². The van der Waals surface area contributed by atoms with Gasteiger partial charge in [0.25, 0.3) is 0 Å². The van der Waals surface area contributed by atoms with Crippen LogP contribution in [0.5, 0.6) is 0 Å². The fourth-order valence-corrected chi connectivity index (χ4v) is 1.83. The van der Waals surface area contributed by atoms with Crippen LogP contribution in [0.3, 0.4) is 0 Å². The Morgan fingerprint density at radius 1 is 1.28 bits per heavy atom. The summed E-state index contributed by atoms with van der Waals surface area (Å²) in [7, 11) is 0. The SMILES string of the molecule is CCNC(=S)N/N=C(/CC)c1ccc(Cl)c(Cl)c1. The highest BCUT2D eigenvalue weighted by molar-refractivity contribution is 7.80. The Balaban J connectivity index is 2.85. The Hall–Kier alpha value is -0.840. The quantitative estimate of drug-likeness (QED) is 0.507. The molecule has 0 atom stereocenters. The summed E-state index contributed by atoms with van der Waals surface area (Å²) in [5.41, 5.74) is 4.60. The first-order valence-electron chi connectivity index (χ1n) is 5.64. The van der Waals surface area contributed by atoms with Crippen molar-refractivity contribution in [3.63, 3.8) is 0 Å². The van der Waals surface area contributed by atoms with Gasteiger partial charge in [-0.1, -0.05) is 36.2 Å². The van der Waals surface area contributed by atoms with Crippen LogP contribution in [0.2, 0.25) is 10.0 Å². The lowest BCUT2D eigenvalue weighted by Gasteiger charge is -2.08. The van der Waals surface area contributed by atoms with Crippen molar-refractivity contribution in [3.8, 4) is 0 Å². The van der Waals surface area contributed by atoms with Gasteiger partial charge in [-0.05, 0) is 43.3 Å². The van der Waals surface area contributed by atoms with Crippen LogP contribution in [0.15, 0.2) is 23.3 Å². The first kappa shape index (κ1) is 15.2. The second-order valence-electron chi connectivity index (χ2n) is 3.51. The van der Waals surface area contributed by atoms with Crippen LogP contribution in [-0.4, -0.2) is 17.4 Å². The van der Waals surface area contributed by atoms with Crippen molar-refractivity contribution in [1.82, 2.24) is 10.7 Å². The van der Waals surface area contributed by atoms with Crippen molar-refractivity contribution in [2.45, 2.75) is 20.3 Å². The normalized spacial score (nSPS) is 11.2. The molecule has 0 aliphatic carbocycles. The van der Waals surface area contributed by atoms with Gasteiger partial charge in [0.05, 0.1) is 15.8 Å². The van der Waals surface area contributed by atoms with Gasteiger partial charge in [0.1, 0.15) is 0 Å². The lowest BCUT2D eigenvalue weighted by atomic mass is 10.1. The molecule has 6 heteroatoms. The molecule has 1 rings (SSSR count). The summed E-state index contributed by atoms with van der Waals surface area (Å²) in [5.74, 6) is 0. The molecular weight excluding hydrogens is 289 g/mol. The van der Waals surface area contributed by atoms with E-state index in [1.165, 1.54) is 0 Å². The fourth-order valence-electron chi connectivity index (χ4n) is 1.34. The minimum absolute atomic E-state index is 0.503. The minimum Gasteiger partial charge on any atom is -0.362 e. The molecule has 0 aromatic heterocycles. The average Bonchev–Trinajstić information content (AvgIpc) is 2.34. The summed E-state index contributed by atoms with van der Waals surface area (Å²) >= 11 is 16.9. The third-order valence-electron chi connectivity index (χ3n) is 2.22. The summed E-state index contributed by atoms with van der Waals surface area (Å²) in [6.07, 6.45) is 0.764. The highest BCUT2D eigenvalue weighted by atomic mass is 35.5. The van der Waals surface area contributed by atoms with Crippen molar-refractivity contribution >= 4 is 46.2 Å². The van der Waals surface area contributed by atoms with E-state index < -0.39 is 0 Å². The van der Waals surface area contributed by atoms with Gasteiger partial charge in [-0.2, -0.15) is 5.10 Å². The molecule has 18 heavy (non-hydrogen) atoms. The van der Waals surface area contributed by atoms with E-state index in [-0.39, 0.29) is 0 Å². The number of hydrazone groups is 1. The average molecular weight is 304 g/mol. The first-order chi connectivity index (χ1) is 8.58. The minimum atomic E-state index is 0.503. The molecule has 3 nitrogen and oxygen atoms in total. The second-order valence-corrected chi connectivity index (χ2v) is 4.73. The Morgan fingerprint density at radius 2 is 2.00 bits per heavy atom. The third kappa shape index (κ3) is 4.44. The Morgan fingerprint density at radius 3 is 2.56 bits per heavy atom. The maximum absolute atomic E-state index is 5.98. The van der Waals surface area contributed by atoms with Crippen LogP contribution in [0.4, 0.5) is 0 Å². The molecule has 0 saturated carbocycles. The maximum atomic E-state index is 5.98. The number of nitrogens with one attached hydrogen (secondary N) is 2. The predicted octanol–water partition coefficient (Wildman–Crippen LogP) is 3.59. The van der Waals surface area contributed by atoms with E-state index in [0.29, 0.717) is 15.2 Å². The van der Waals surface area contributed by atoms with Gasteiger partial charge in [-0.15, -0.1) is 0 Å². The first-order valence-corrected chi connectivity index (χ1v) is 6.80. The van der Waals surface area contributed by atoms with Crippen molar-refractivity contribution in [2.24, 2.45) is 5.10 Å². The number of nitrogens with zero attached hydrogens (tertiary/aromatic N) is 1. The molecule has 0 saturated heterocycles. The highest BCUT2D eigenvalue weighted by Crippen LogP contribution is 2.23. The van der Waals surface area contributed by atoms with Crippen LogP contribution in [0.25, 0.3) is 0 Å². The van der Waals surface area contributed by atoms with Gasteiger partial charge < -0.3 is 5.32 Å². The number of thiocarbonyl (C=S) groups is 1. The van der Waals surface area contributed by atoms with E-state index in [2.05, 4.69) is 15.8 Å². The van der Waals surface area contributed by atoms with E-state index in [0.717, 1.165) is 24.2 Å². The van der Waals surface area contributed by atoms with Crippen LogP contribution in [-0.2, 0) is 0 Å².